The van der Waals surface area contributed by atoms with Crippen LogP contribution in [0.5, 0.6) is 11.5 Å². The van der Waals surface area contributed by atoms with E-state index in [2.05, 4.69) is 15.4 Å². The van der Waals surface area contributed by atoms with Crippen LogP contribution in [0.3, 0.4) is 0 Å². The van der Waals surface area contributed by atoms with Gasteiger partial charge in [0.1, 0.15) is 12.4 Å². The number of para-hydroxylation sites is 1. The molecule has 0 spiro atoms. The van der Waals surface area contributed by atoms with Gasteiger partial charge in [-0.3, -0.25) is 0 Å². The Balaban J connectivity index is 2.02. The number of benzene rings is 2. The SMILES string of the molecule is COC(=O)C1=C(c2ccc(Cl)cc2)Nc2ncnn2[C@@H]1c1cccc(OC)c1OC. The van der Waals surface area contributed by atoms with E-state index in [0.717, 1.165) is 5.56 Å². The summed E-state index contributed by atoms with van der Waals surface area (Å²) in [6, 6.07) is 11.9. The molecule has 3 aromatic rings. The first-order valence-corrected chi connectivity index (χ1v) is 9.42. The summed E-state index contributed by atoms with van der Waals surface area (Å²) in [5.74, 6) is 0.989. The van der Waals surface area contributed by atoms with Gasteiger partial charge in [0.2, 0.25) is 5.95 Å². The molecule has 1 atom stereocenters. The van der Waals surface area contributed by atoms with Crippen LogP contribution in [0.25, 0.3) is 5.70 Å². The Labute approximate surface area is 178 Å². The highest BCUT2D eigenvalue weighted by Gasteiger charge is 2.38. The molecule has 8 nitrogen and oxygen atoms in total. The number of esters is 1. The number of hydrogen-bond donors (Lipinski definition) is 1. The number of hydrogen-bond acceptors (Lipinski definition) is 7. The summed E-state index contributed by atoms with van der Waals surface area (Å²) in [5, 5.41) is 8.12. The quantitative estimate of drug-likeness (QED) is 0.624. The molecule has 154 valence electrons. The maximum atomic E-state index is 13.0. The van der Waals surface area contributed by atoms with Crippen LogP contribution in [0.15, 0.2) is 54.4 Å². The lowest BCUT2D eigenvalue weighted by molar-refractivity contribution is -0.136. The zero-order chi connectivity index (χ0) is 21.3. The zero-order valence-electron chi connectivity index (χ0n) is 16.5. The third-order valence-corrected chi connectivity index (χ3v) is 5.12. The summed E-state index contributed by atoms with van der Waals surface area (Å²) in [6.45, 7) is 0. The van der Waals surface area contributed by atoms with E-state index in [-0.39, 0.29) is 0 Å². The third-order valence-electron chi connectivity index (χ3n) is 4.86. The maximum absolute atomic E-state index is 13.0. The lowest BCUT2D eigenvalue weighted by Crippen LogP contribution is -2.29. The van der Waals surface area contributed by atoms with Crippen molar-refractivity contribution < 1.29 is 19.0 Å². The zero-order valence-corrected chi connectivity index (χ0v) is 17.3. The van der Waals surface area contributed by atoms with Crippen molar-refractivity contribution in [3.8, 4) is 11.5 Å². The van der Waals surface area contributed by atoms with Gasteiger partial charge in [-0.05, 0) is 23.8 Å². The highest BCUT2D eigenvalue weighted by atomic mass is 35.5. The maximum Gasteiger partial charge on any atom is 0.338 e. The number of methoxy groups -OCH3 is 3. The molecule has 0 amide bonds. The summed E-state index contributed by atoms with van der Waals surface area (Å²) in [7, 11) is 4.44. The second kappa shape index (κ2) is 8.08. The van der Waals surface area contributed by atoms with Gasteiger partial charge in [0, 0.05) is 10.6 Å². The van der Waals surface area contributed by atoms with Crippen molar-refractivity contribution in [1.82, 2.24) is 14.8 Å². The van der Waals surface area contributed by atoms with Crippen molar-refractivity contribution in [2.75, 3.05) is 26.6 Å². The smallest absolute Gasteiger partial charge is 0.338 e. The van der Waals surface area contributed by atoms with Gasteiger partial charge in [-0.1, -0.05) is 35.9 Å². The molecule has 0 aliphatic carbocycles. The molecule has 0 radical (unpaired) electrons. The lowest BCUT2D eigenvalue weighted by atomic mass is 9.92. The molecule has 0 fully saturated rings. The molecule has 2 aromatic carbocycles. The molecule has 0 saturated carbocycles. The van der Waals surface area contributed by atoms with Crippen molar-refractivity contribution in [1.29, 1.82) is 0 Å². The van der Waals surface area contributed by atoms with Gasteiger partial charge in [0.15, 0.2) is 11.5 Å². The van der Waals surface area contributed by atoms with E-state index in [1.807, 2.05) is 24.3 Å². The predicted molar refractivity (Wildman–Crippen MR) is 112 cm³/mol. The summed E-state index contributed by atoms with van der Waals surface area (Å²) >= 11 is 6.05. The van der Waals surface area contributed by atoms with E-state index >= 15 is 0 Å². The topological polar surface area (TPSA) is 87.5 Å². The number of carbonyl (C=O) groups excluding carboxylic acids is 1. The Morgan fingerprint density at radius 2 is 1.87 bits per heavy atom. The fraction of sp³-hybridized carbons (Fsp3) is 0.190. The average Bonchev–Trinajstić information content (AvgIpc) is 3.25. The number of nitrogens with one attached hydrogen (secondary N) is 1. The van der Waals surface area contributed by atoms with E-state index < -0.39 is 12.0 Å². The molecule has 1 aliphatic rings. The predicted octanol–water partition coefficient (Wildman–Crippen LogP) is 3.55. The number of carbonyl (C=O) groups is 1. The highest BCUT2D eigenvalue weighted by molar-refractivity contribution is 6.30. The van der Waals surface area contributed by atoms with Crippen LogP contribution >= 0.6 is 11.6 Å². The van der Waals surface area contributed by atoms with Crippen LogP contribution in [-0.2, 0) is 9.53 Å². The van der Waals surface area contributed by atoms with Crippen LogP contribution in [-0.4, -0.2) is 42.1 Å². The van der Waals surface area contributed by atoms with Crippen molar-refractivity contribution in [2.24, 2.45) is 0 Å². The summed E-state index contributed by atoms with van der Waals surface area (Å²) in [6.07, 6.45) is 1.42. The Morgan fingerprint density at radius 1 is 1.10 bits per heavy atom. The molecule has 1 aromatic heterocycles. The fourth-order valence-corrected chi connectivity index (χ4v) is 3.68. The Hall–Kier alpha value is -3.52. The standard InChI is InChI=1S/C21H19ClN4O4/c1-28-15-6-4-5-14(19(15)29-2)18-16(20(27)30-3)17(12-7-9-13(22)10-8-12)25-21-23-11-24-26(18)21/h4-11,18H,1-3H3,(H,23,24,25)/t18-/m1/s1. The number of halogens is 1. The van der Waals surface area contributed by atoms with Crippen molar-refractivity contribution >= 4 is 29.2 Å². The van der Waals surface area contributed by atoms with Crippen molar-refractivity contribution in [3.05, 3.63) is 70.5 Å². The molecule has 4 rings (SSSR count). The molecule has 30 heavy (non-hydrogen) atoms. The van der Waals surface area contributed by atoms with Crippen LogP contribution in [0.2, 0.25) is 5.02 Å². The fourth-order valence-electron chi connectivity index (χ4n) is 3.55. The van der Waals surface area contributed by atoms with Crippen molar-refractivity contribution in [2.45, 2.75) is 6.04 Å². The third kappa shape index (κ3) is 3.25. The van der Waals surface area contributed by atoms with Crippen molar-refractivity contribution in [3.63, 3.8) is 0 Å². The van der Waals surface area contributed by atoms with E-state index in [0.29, 0.717) is 39.3 Å². The van der Waals surface area contributed by atoms with Crippen LogP contribution in [0.1, 0.15) is 17.2 Å². The largest absolute Gasteiger partial charge is 0.493 e. The molecular formula is C21H19ClN4O4. The number of ether oxygens (including phenoxy) is 3. The van der Waals surface area contributed by atoms with Gasteiger partial charge < -0.3 is 19.5 Å². The second-order valence-corrected chi connectivity index (χ2v) is 6.86. The second-order valence-electron chi connectivity index (χ2n) is 6.43. The van der Waals surface area contributed by atoms with E-state index in [1.54, 1.807) is 37.1 Å². The number of fused-ring (bicyclic) bond motifs is 1. The summed E-state index contributed by atoms with van der Waals surface area (Å²) in [5.41, 5.74) is 2.33. The molecule has 2 heterocycles. The highest BCUT2D eigenvalue weighted by Crippen LogP contribution is 2.44. The van der Waals surface area contributed by atoms with Gasteiger partial charge in [-0.25, -0.2) is 9.48 Å². The van der Waals surface area contributed by atoms with E-state index in [4.69, 9.17) is 25.8 Å². The minimum Gasteiger partial charge on any atom is -0.493 e. The summed E-state index contributed by atoms with van der Waals surface area (Å²) < 4.78 is 17.8. The van der Waals surface area contributed by atoms with Gasteiger partial charge >= 0.3 is 5.97 Å². The van der Waals surface area contributed by atoms with E-state index in [9.17, 15) is 4.79 Å². The molecule has 9 heteroatoms. The first kappa shape index (κ1) is 19.8. The average molecular weight is 427 g/mol. The molecule has 1 aliphatic heterocycles. The molecule has 0 bridgehead atoms. The van der Waals surface area contributed by atoms with Gasteiger partial charge in [-0.15, -0.1) is 0 Å². The van der Waals surface area contributed by atoms with Gasteiger partial charge in [0.05, 0.1) is 32.6 Å². The molecular weight excluding hydrogens is 408 g/mol. The Kier molecular flexibility index (Phi) is 5.33. The summed E-state index contributed by atoms with van der Waals surface area (Å²) in [4.78, 5) is 17.3. The van der Waals surface area contributed by atoms with Crippen LogP contribution < -0.4 is 14.8 Å². The van der Waals surface area contributed by atoms with Crippen LogP contribution in [0, 0.1) is 0 Å². The number of anilines is 1. The Morgan fingerprint density at radius 3 is 2.53 bits per heavy atom. The van der Waals surface area contributed by atoms with Crippen LogP contribution in [0.4, 0.5) is 5.95 Å². The molecule has 0 unspecified atom stereocenters. The number of rotatable bonds is 5. The first-order valence-electron chi connectivity index (χ1n) is 9.04. The molecule has 1 N–H and O–H groups in total. The Bertz CT molecular complexity index is 1120. The number of aromatic nitrogens is 3. The van der Waals surface area contributed by atoms with Gasteiger partial charge in [0.25, 0.3) is 0 Å². The minimum absolute atomic E-state index is 0.351. The lowest BCUT2D eigenvalue weighted by Gasteiger charge is -2.30. The van der Waals surface area contributed by atoms with E-state index in [1.165, 1.54) is 13.4 Å². The van der Waals surface area contributed by atoms with Gasteiger partial charge in [-0.2, -0.15) is 10.1 Å². The minimum atomic E-state index is -0.660. The first-order chi connectivity index (χ1) is 14.6. The molecule has 0 saturated heterocycles. The normalized spacial score (nSPS) is 15.3. The monoisotopic (exact) mass is 426 g/mol. The number of nitrogens with zero attached hydrogens (tertiary/aromatic N) is 3.